The van der Waals surface area contributed by atoms with Crippen LogP contribution in [0.5, 0.6) is 0 Å². The van der Waals surface area contributed by atoms with Crippen LogP contribution >= 0.6 is 46.1 Å². The molecule has 4 nitrogen and oxygen atoms in total. The Morgan fingerprint density at radius 3 is 2.48 bits per heavy atom. The largest absolute Gasteiger partial charge is 0.322 e. The van der Waals surface area contributed by atoms with Crippen LogP contribution in [0.1, 0.15) is 10.4 Å². The molecule has 0 aliphatic carbocycles. The summed E-state index contributed by atoms with van der Waals surface area (Å²) in [6.45, 7) is 0. The Balaban J connectivity index is 1.60. The van der Waals surface area contributed by atoms with Gasteiger partial charge in [-0.25, -0.2) is 4.98 Å². The summed E-state index contributed by atoms with van der Waals surface area (Å²) in [5.41, 5.74) is 3.43. The van der Waals surface area contributed by atoms with Crippen LogP contribution in [-0.4, -0.2) is 15.9 Å². The second kappa shape index (κ2) is 8.51. The maximum absolute atomic E-state index is 12.7. The van der Waals surface area contributed by atoms with E-state index in [0.717, 1.165) is 21.8 Å². The number of hydrogen-bond donors (Lipinski definition) is 1. The number of anilines is 1. The zero-order valence-corrected chi connectivity index (χ0v) is 17.8. The van der Waals surface area contributed by atoms with Gasteiger partial charge < -0.3 is 5.32 Å². The van der Waals surface area contributed by atoms with Gasteiger partial charge in [-0.3, -0.25) is 9.78 Å². The number of carbonyl (C=O) groups excluding carboxylic acids is 1. The van der Waals surface area contributed by atoms with Crippen LogP contribution < -0.4 is 5.32 Å². The SMILES string of the molecule is O=C(Nc1cccc(-c2csc(-c3ccncc3)n2)c1)c1c(Cl)ccc(Cl)c1Cl. The summed E-state index contributed by atoms with van der Waals surface area (Å²) in [6, 6.07) is 14.3. The monoisotopic (exact) mass is 459 g/mol. The molecule has 2 aromatic heterocycles. The first-order chi connectivity index (χ1) is 14.0. The number of benzene rings is 2. The van der Waals surface area contributed by atoms with Gasteiger partial charge in [0.05, 0.1) is 26.3 Å². The van der Waals surface area contributed by atoms with Crippen molar-refractivity contribution in [3.63, 3.8) is 0 Å². The molecule has 0 radical (unpaired) electrons. The van der Waals surface area contributed by atoms with Gasteiger partial charge >= 0.3 is 0 Å². The predicted octanol–water partition coefficient (Wildman–Crippen LogP) is 7.08. The van der Waals surface area contributed by atoms with Gasteiger partial charge in [0.1, 0.15) is 5.01 Å². The van der Waals surface area contributed by atoms with Crippen molar-refractivity contribution in [2.24, 2.45) is 0 Å². The van der Waals surface area contributed by atoms with E-state index in [0.29, 0.717) is 5.69 Å². The van der Waals surface area contributed by atoms with Gasteiger partial charge in [0.2, 0.25) is 0 Å². The lowest BCUT2D eigenvalue weighted by atomic mass is 10.1. The van der Waals surface area contributed by atoms with Gasteiger partial charge in [0.15, 0.2) is 0 Å². The molecule has 1 N–H and O–H groups in total. The predicted molar refractivity (Wildman–Crippen MR) is 120 cm³/mol. The molecule has 0 aliphatic rings. The van der Waals surface area contributed by atoms with Crippen molar-refractivity contribution in [1.82, 2.24) is 9.97 Å². The summed E-state index contributed by atoms with van der Waals surface area (Å²) in [5.74, 6) is -0.435. The minimum absolute atomic E-state index is 0.120. The zero-order valence-electron chi connectivity index (χ0n) is 14.7. The van der Waals surface area contributed by atoms with E-state index < -0.39 is 5.91 Å². The van der Waals surface area contributed by atoms with Crippen LogP contribution in [0.3, 0.4) is 0 Å². The second-order valence-corrected chi connectivity index (χ2v) is 8.08. The van der Waals surface area contributed by atoms with Crippen LogP contribution in [0.2, 0.25) is 15.1 Å². The van der Waals surface area contributed by atoms with Gasteiger partial charge in [-0.2, -0.15) is 0 Å². The van der Waals surface area contributed by atoms with Crippen molar-refractivity contribution in [1.29, 1.82) is 0 Å². The Morgan fingerprint density at radius 1 is 0.931 bits per heavy atom. The maximum Gasteiger partial charge on any atom is 0.258 e. The van der Waals surface area contributed by atoms with Gasteiger partial charge in [-0.1, -0.05) is 46.9 Å². The van der Waals surface area contributed by atoms with Crippen molar-refractivity contribution in [2.45, 2.75) is 0 Å². The molecule has 2 aromatic carbocycles. The number of aromatic nitrogens is 2. The number of nitrogens with zero attached hydrogens (tertiary/aromatic N) is 2. The topological polar surface area (TPSA) is 54.9 Å². The van der Waals surface area contributed by atoms with E-state index in [1.807, 2.05) is 35.7 Å². The van der Waals surface area contributed by atoms with E-state index in [9.17, 15) is 4.79 Å². The Kier molecular flexibility index (Phi) is 5.83. The average Bonchev–Trinajstić information content (AvgIpc) is 3.22. The van der Waals surface area contributed by atoms with Gasteiger partial charge in [-0.05, 0) is 36.4 Å². The maximum atomic E-state index is 12.7. The molecule has 8 heteroatoms. The average molecular weight is 461 g/mol. The molecule has 0 spiro atoms. The number of thiazole rings is 1. The third-order valence-corrected chi connectivity index (χ3v) is 6.13. The van der Waals surface area contributed by atoms with E-state index in [1.165, 1.54) is 6.07 Å². The molecule has 0 aliphatic heterocycles. The second-order valence-electron chi connectivity index (χ2n) is 6.03. The lowest BCUT2D eigenvalue weighted by molar-refractivity contribution is 0.102. The van der Waals surface area contributed by atoms with Crippen LogP contribution in [0.25, 0.3) is 21.8 Å². The van der Waals surface area contributed by atoms with E-state index in [2.05, 4.69) is 15.3 Å². The molecule has 29 heavy (non-hydrogen) atoms. The summed E-state index contributed by atoms with van der Waals surface area (Å²) in [4.78, 5) is 21.4. The molecule has 0 bridgehead atoms. The molecule has 0 fully saturated rings. The highest BCUT2D eigenvalue weighted by atomic mass is 35.5. The number of carbonyl (C=O) groups is 1. The lowest BCUT2D eigenvalue weighted by Crippen LogP contribution is -2.13. The van der Waals surface area contributed by atoms with Crippen molar-refractivity contribution in [2.75, 3.05) is 5.32 Å². The molecular weight excluding hydrogens is 449 g/mol. The first-order valence-corrected chi connectivity index (χ1v) is 10.5. The fraction of sp³-hybridized carbons (Fsp3) is 0. The number of nitrogens with one attached hydrogen (secondary N) is 1. The molecule has 1 amide bonds. The molecule has 2 heterocycles. The van der Waals surface area contributed by atoms with E-state index in [4.69, 9.17) is 34.8 Å². The highest BCUT2D eigenvalue weighted by molar-refractivity contribution is 7.13. The summed E-state index contributed by atoms with van der Waals surface area (Å²) in [5, 5.41) is 6.30. The Morgan fingerprint density at radius 2 is 1.69 bits per heavy atom. The van der Waals surface area contributed by atoms with Gasteiger partial charge in [0, 0.05) is 34.6 Å². The van der Waals surface area contributed by atoms with Crippen LogP contribution in [0.4, 0.5) is 5.69 Å². The first-order valence-electron chi connectivity index (χ1n) is 8.44. The van der Waals surface area contributed by atoms with Crippen molar-refractivity contribution in [3.8, 4) is 21.8 Å². The van der Waals surface area contributed by atoms with E-state index >= 15 is 0 Å². The fourth-order valence-electron chi connectivity index (χ4n) is 2.72. The molecule has 4 rings (SSSR count). The number of pyridine rings is 1. The Bertz CT molecular complexity index is 1200. The molecular formula is C21H12Cl3N3OS. The number of amides is 1. The van der Waals surface area contributed by atoms with E-state index in [1.54, 1.807) is 35.9 Å². The molecule has 4 aromatic rings. The number of hydrogen-bond acceptors (Lipinski definition) is 4. The van der Waals surface area contributed by atoms with Crippen LogP contribution in [-0.2, 0) is 0 Å². The summed E-state index contributed by atoms with van der Waals surface area (Å²) in [7, 11) is 0. The minimum Gasteiger partial charge on any atom is -0.322 e. The highest BCUT2D eigenvalue weighted by Crippen LogP contribution is 2.33. The Hall–Kier alpha value is -2.44. The zero-order chi connectivity index (χ0) is 20.4. The third-order valence-electron chi connectivity index (χ3n) is 4.12. The molecule has 0 atom stereocenters. The standard InChI is InChI=1S/C21H12Cl3N3OS/c22-15-4-5-16(23)19(24)18(15)20(28)26-14-3-1-2-13(10-14)17-11-29-21(27-17)12-6-8-25-9-7-12/h1-11H,(H,26,28). The van der Waals surface area contributed by atoms with Crippen molar-refractivity contribution >= 4 is 57.7 Å². The Labute approximate surface area is 186 Å². The summed E-state index contributed by atoms with van der Waals surface area (Å²) >= 11 is 19.8. The summed E-state index contributed by atoms with van der Waals surface area (Å²) in [6.07, 6.45) is 3.47. The minimum atomic E-state index is -0.435. The molecule has 0 saturated heterocycles. The van der Waals surface area contributed by atoms with E-state index in [-0.39, 0.29) is 20.6 Å². The highest BCUT2D eigenvalue weighted by Gasteiger charge is 2.18. The van der Waals surface area contributed by atoms with Crippen LogP contribution in [0, 0.1) is 0 Å². The van der Waals surface area contributed by atoms with Gasteiger partial charge in [-0.15, -0.1) is 11.3 Å². The van der Waals surface area contributed by atoms with Crippen molar-refractivity contribution in [3.05, 3.63) is 86.9 Å². The number of halogens is 3. The summed E-state index contributed by atoms with van der Waals surface area (Å²) < 4.78 is 0. The fourth-order valence-corrected chi connectivity index (χ4v) is 4.25. The van der Waals surface area contributed by atoms with Crippen LogP contribution in [0.15, 0.2) is 66.3 Å². The molecule has 0 saturated carbocycles. The van der Waals surface area contributed by atoms with Gasteiger partial charge in [0.25, 0.3) is 5.91 Å². The quantitative estimate of drug-likeness (QED) is 0.331. The normalized spacial score (nSPS) is 10.7. The molecule has 144 valence electrons. The lowest BCUT2D eigenvalue weighted by Gasteiger charge is -2.10. The smallest absolute Gasteiger partial charge is 0.258 e. The van der Waals surface area contributed by atoms with Crippen molar-refractivity contribution < 1.29 is 4.79 Å². The third kappa shape index (κ3) is 4.28. The molecule has 0 unspecified atom stereocenters. The number of rotatable bonds is 4. The first kappa shape index (κ1) is 19.9.